The van der Waals surface area contributed by atoms with Gasteiger partial charge in [0.25, 0.3) is 0 Å². The van der Waals surface area contributed by atoms with Gasteiger partial charge in [-0.25, -0.2) is 0 Å². The fourth-order valence-electron chi connectivity index (χ4n) is 4.05. The average Bonchev–Trinajstić information content (AvgIpc) is 2.43. The van der Waals surface area contributed by atoms with Crippen LogP contribution in [-0.4, -0.2) is 54.6 Å². The zero-order chi connectivity index (χ0) is 13.9. The number of piperazine rings is 1. The molecule has 2 N–H and O–H groups in total. The van der Waals surface area contributed by atoms with E-state index in [4.69, 9.17) is 5.73 Å². The molecule has 1 heterocycles. The predicted octanol–water partition coefficient (Wildman–Crippen LogP) is 2.17. The topological polar surface area (TPSA) is 32.5 Å². The number of hydrogen-bond donors (Lipinski definition) is 1. The van der Waals surface area contributed by atoms with Crippen LogP contribution in [0.2, 0.25) is 0 Å². The normalized spacial score (nSPS) is 38.5. The van der Waals surface area contributed by atoms with Crippen molar-refractivity contribution >= 4 is 0 Å². The standard InChI is InChI=1S/C16H33N3/c1-4-7-18-8-10-19(11-9-18)16(13-17)6-5-14(2)15(3)12-16/h14-15H,4-13,17H2,1-3H3. The minimum absolute atomic E-state index is 0.310. The highest BCUT2D eigenvalue weighted by Crippen LogP contribution is 2.39. The van der Waals surface area contributed by atoms with Gasteiger partial charge in [-0.2, -0.15) is 0 Å². The zero-order valence-electron chi connectivity index (χ0n) is 13.2. The van der Waals surface area contributed by atoms with Crippen LogP contribution in [0.3, 0.4) is 0 Å². The Morgan fingerprint density at radius 3 is 2.32 bits per heavy atom. The summed E-state index contributed by atoms with van der Waals surface area (Å²) >= 11 is 0. The van der Waals surface area contributed by atoms with Crippen molar-refractivity contribution in [3.8, 4) is 0 Å². The van der Waals surface area contributed by atoms with Gasteiger partial charge in [-0.3, -0.25) is 4.90 Å². The lowest BCUT2D eigenvalue weighted by molar-refractivity contribution is -0.0107. The average molecular weight is 267 g/mol. The second kappa shape index (κ2) is 6.55. The van der Waals surface area contributed by atoms with E-state index in [0.29, 0.717) is 5.54 Å². The summed E-state index contributed by atoms with van der Waals surface area (Å²) in [6.07, 6.45) is 5.24. The molecule has 0 radical (unpaired) electrons. The molecule has 2 aliphatic rings. The Balaban J connectivity index is 1.95. The highest BCUT2D eigenvalue weighted by atomic mass is 15.3. The van der Waals surface area contributed by atoms with E-state index in [9.17, 15) is 0 Å². The Hall–Kier alpha value is -0.120. The lowest BCUT2D eigenvalue weighted by Crippen LogP contribution is -2.62. The van der Waals surface area contributed by atoms with Crippen molar-refractivity contribution in [3.05, 3.63) is 0 Å². The fraction of sp³-hybridized carbons (Fsp3) is 1.00. The van der Waals surface area contributed by atoms with E-state index in [2.05, 4.69) is 30.6 Å². The Morgan fingerprint density at radius 1 is 1.11 bits per heavy atom. The van der Waals surface area contributed by atoms with Crippen molar-refractivity contribution in [2.75, 3.05) is 39.3 Å². The van der Waals surface area contributed by atoms with Gasteiger partial charge in [0.05, 0.1) is 0 Å². The number of hydrogen-bond acceptors (Lipinski definition) is 3. The molecular formula is C16H33N3. The van der Waals surface area contributed by atoms with Crippen molar-refractivity contribution in [3.63, 3.8) is 0 Å². The molecule has 0 amide bonds. The molecule has 0 aromatic carbocycles. The molecule has 2 fully saturated rings. The monoisotopic (exact) mass is 267 g/mol. The highest BCUT2D eigenvalue weighted by Gasteiger charge is 2.41. The second-order valence-electron chi connectivity index (χ2n) is 6.95. The van der Waals surface area contributed by atoms with Crippen LogP contribution in [0.5, 0.6) is 0 Å². The minimum Gasteiger partial charge on any atom is -0.329 e. The largest absolute Gasteiger partial charge is 0.329 e. The fourth-order valence-corrected chi connectivity index (χ4v) is 4.05. The molecule has 0 aromatic heterocycles. The van der Waals surface area contributed by atoms with Crippen molar-refractivity contribution in [1.29, 1.82) is 0 Å². The third-order valence-corrected chi connectivity index (χ3v) is 5.70. The molecular weight excluding hydrogens is 234 g/mol. The van der Waals surface area contributed by atoms with Crippen LogP contribution in [0.15, 0.2) is 0 Å². The molecule has 3 heteroatoms. The van der Waals surface area contributed by atoms with Crippen LogP contribution in [0.25, 0.3) is 0 Å². The van der Waals surface area contributed by atoms with Gasteiger partial charge in [0.15, 0.2) is 0 Å². The van der Waals surface area contributed by atoms with Crippen LogP contribution < -0.4 is 5.73 Å². The smallest absolute Gasteiger partial charge is 0.0335 e. The maximum atomic E-state index is 6.21. The van der Waals surface area contributed by atoms with Crippen LogP contribution in [0, 0.1) is 11.8 Å². The molecule has 1 saturated heterocycles. The van der Waals surface area contributed by atoms with E-state index in [1.54, 1.807) is 0 Å². The van der Waals surface area contributed by atoms with Crippen LogP contribution >= 0.6 is 0 Å². The molecule has 1 aliphatic heterocycles. The van der Waals surface area contributed by atoms with Gasteiger partial charge in [-0.15, -0.1) is 0 Å². The first-order chi connectivity index (χ1) is 9.11. The van der Waals surface area contributed by atoms with E-state index in [-0.39, 0.29) is 0 Å². The molecule has 3 unspecified atom stereocenters. The first-order valence-electron chi connectivity index (χ1n) is 8.29. The maximum Gasteiger partial charge on any atom is 0.0335 e. The van der Waals surface area contributed by atoms with E-state index in [1.807, 2.05) is 0 Å². The number of nitrogens with two attached hydrogens (primary N) is 1. The van der Waals surface area contributed by atoms with Crippen LogP contribution in [0.4, 0.5) is 0 Å². The molecule has 1 aliphatic carbocycles. The van der Waals surface area contributed by atoms with Gasteiger partial charge in [0.2, 0.25) is 0 Å². The second-order valence-corrected chi connectivity index (χ2v) is 6.95. The SMILES string of the molecule is CCCN1CCN(C2(CN)CCC(C)C(C)C2)CC1. The van der Waals surface area contributed by atoms with Gasteiger partial charge in [-0.05, 0) is 44.1 Å². The molecule has 3 nitrogen and oxygen atoms in total. The Morgan fingerprint density at radius 2 is 1.79 bits per heavy atom. The van der Waals surface area contributed by atoms with Crippen molar-refractivity contribution < 1.29 is 0 Å². The summed E-state index contributed by atoms with van der Waals surface area (Å²) < 4.78 is 0. The quantitative estimate of drug-likeness (QED) is 0.847. The van der Waals surface area contributed by atoms with E-state index < -0.39 is 0 Å². The molecule has 0 bridgehead atoms. The first kappa shape index (κ1) is 15.3. The lowest BCUT2D eigenvalue weighted by Gasteiger charge is -2.52. The first-order valence-corrected chi connectivity index (χ1v) is 8.29. The third kappa shape index (κ3) is 3.32. The predicted molar refractivity (Wildman–Crippen MR) is 82.3 cm³/mol. The molecule has 19 heavy (non-hydrogen) atoms. The Labute approximate surface area is 119 Å². The molecule has 112 valence electrons. The van der Waals surface area contributed by atoms with Crippen LogP contribution in [-0.2, 0) is 0 Å². The molecule has 0 spiro atoms. The van der Waals surface area contributed by atoms with Gasteiger partial charge in [0, 0.05) is 38.3 Å². The van der Waals surface area contributed by atoms with Gasteiger partial charge in [0.1, 0.15) is 0 Å². The summed E-state index contributed by atoms with van der Waals surface area (Å²) in [6.45, 7) is 14.1. The van der Waals surface area contributed by atoms with Gasteiger partial charge in [-0.1, -0.05) is 20.8 Å². The summed E-state index contributed by atoms with van der Waals surface area (Å²) in [5.41, 5.74) is 6.52. The maximum absolute atomic E-state index is 6.21. The van der Waals surface area contributed by atoms with Gasteiger partial charge < -0.3 is 10.6 Å². The summed E-state index contributed by atoms with van der Waals surface area (Å²) in [7, 11) is 0. The van der Waals surface area contributed by atoms with Crippen molar-refractivity contribution in [1.82, 2.24) is 9.80 Å². The minimum atomic E-state index is 0.310. The Kier molecular flexibility index (Phi) is 5.27. The zero-order valence-corrected chi connectivity index (χ0v) is 13.2. The summed E-state index contributed by atoms with van der Waals surface area (Å²) in [5, 5.41) is 0. The van der Waals surface area contributed by atoms with Gasteiger partial charge >= 0.3 is 0 Å². The molecule has 1 saturated carbocycles. The molecule has 3 atom stereocenters. The van der Waals surface area contributed by atoms with Crippen molar-refractivity contribution in [2.24, 2.45) is 17.6 Å². The molecule has 2 rings (SSSR count). The summed E-state index contributed by atoms with van der Waals surface area (Å²) in [6, 6.07) is 0. The summed E-state index contributed by atoms with van der Waals surface area (Å²) in [5.74, 6) is 1.70. The summed E-state index contributed by atoms with van der Waals surface area (Å²) in [4.78, 5) is 5.33. The third-order valence-electron chi connectivity index (χ3n) is 5.70. The van der Waals surface area contributed by atoms with Crippen molar-refractivity contribution in [2.45, 2.75) is 52.0 Å². The van der Waals surface area contributed by atoms with E-state index in [1.165, 1.54) is 58.4 Å². The number of rotatable bonds is 4. The van der Waals surface area contributed by atoms with E-state index >= 15 is 0 Å². The van der Waals surface area contributed by atoms with Crippen LogP contribution in [0.1, 0.15) is 46.5 Å². The Bertz CT molecular complexity index is 273. The number of nitrogens with zero attached hydrogens (tertiary/aromatic N) is 2. The molecule has 0 aromatic rings. The highest BCUT2D eigenvalue weighted by molar-refractivity contribution is 4.98. The lowest BCUT2D eigenvalue weighted by atomic mass is 9.70. The van der Waals surface area contributed by atoms with E-state index in [0.717, 1.165) is 18.4 Å².